The maximum Gasteiger partial charge on any atom is 0.125 e. The lowest BCUT2D eigenvalue weighted by atomic mass is 9.85. The lowest BCUT2D eigenvalue weighted by Gasteiger charge is -2.22. The quantitative estimate of drug-likeness (QED) is 0.152. The second-order valence-electron chi connectivity index (χ2n) is 13.4. The van der Waals surface area contributed by atoms with Crippen LogP contribution in [0.1, 0.15) is 88.2 Å². The Morgan fingerprint density at radius 3 is 1.47 bits per heavy atom. The van der Waals surface area contributed by atoms with Crippen molar-refractivity contribution in [3.8, 4) is 39.9 Å². The van der Waals surface area contributed by atoms with Crippen LogP contribution < -0.4 is 14.2 Å². The molecule has 254 valence electrons. The lowest BCUT2D eigenvalue weighted by molar-refractivity contribution is 0.402. The molecule has 0 atom stereocenters. The minimum absolute atomic E-state index is 0.286. The first-order valence-corrected chi connectivity index (χ1v) is 17.5. The predicted molar refractivity (Wildman–Crippen MR) is 198 cm³/mol. The number of phenolic OH excluding ortho intramolecular Hbond substituents is 2. The van der Waals surface area contributed by atoms with Crippen LogP contribution in [0.25, 0.3) is 11.1 Å². The van der Waals surface area contributed by atoms with Gasteiger partial charge in [-0.15, -0.1) is 0 Å². The molecular formula is C44H48O5. The first-order valence-electron chi connectivity index (χ1n) is 17.5. The molecule has 2 N–H and O–H groups in total. The highest BCUT2D eigenvalue weighted by atomic mass is 16.5. The van der Waals surface area contributed by atoms with Crippen molar-refractivity contribution >= 4 is 0 Å². The van der Waals surface area contributed by atoms with E-state index in [2.05, 4.69) is 50.2 Å². The number of methoxy groups -OCH3 is 3. The molecule has 5 heteroatoms. The number of aryl methyl sites for hydroxylation is 1. The summed E-state index contributed by atoms with van der Waals surface area (Å²) in [5.74, 6) is 2.73. The number of hydrogen-bond donors (Lipinski definition) is 2. The largest absolute Gasteiger partial charge is 0.507 e. The molecular weight excluding hydrogens is 608 g/mol. The van der Waals surface area contributed by atoms with Gasteiger partial charge in [-0.05, 0) is 95.1 Å². The molecule has 5 nitrogen and oxygen atoms in total. The summed E-state index contributed by atoms with van der Waals surface area (Å²) in [7, 11) is 5.05. The van der Waals surface area contributed by atoms with E-state index in [1.807, 2.05) is 42.5 Å². The zero-order valence-electron chi connectivity index (χ0n) is 29.5. The molecule has 1 aliphatic carbocycles. The summed E-state index contributed by atoms with van der Waals surface area (Å²) >= 11 is 0. The summed E-state index contributed by atoms with van der Waals surface area (Å²) in [5, 5.41) is 23.9. The van der Waals surface area contributed by atoms with Crippen molar-refractivity contribution in [1.29, 1.82) is 0 Å². The normalized spacial score (nSPS) is 12.4. The fraction of sp³-hybridized carbons (Fsp3) is 0.318. The summed E-state index contributed by atoms with van der Waals surface area (Å²) < 4.78 is 17.8. The molecule has 8 bridgehead atoms. The van der Waals surface area contributed by atoms with E-state index in [1.165, 1.54) is 29.5 Å². The average Bonchev–Trinajstić information content (AvgIpc) is 3.10. The molecule has 1 aliphatic rings. The van der Waals surface area contributed by atoms with E-state index in [0.717, 1.165) is 75.1 Å². The number of rotatable bonds is 9. The Kier molecular flexibility index (Phi) is 10.5. The first-order chi connectivity index (χ1) is 23.8. The van der Waals surface area contributed by atoms with Gasteiger partial charge in [0.1, 0.15) is 28.7 Å². The second kappa shape index (κ2) is 15.1. The minimum atomic E-state index is 0.286. The third kappa shape index (κ3) is 7.41. The Morgan fingerprint density at radius 2 is 1.02 bits per heavy atom. The second-order valence-corrected chi connectivity index (χ2v) is 13.4. The van der Waals surface area contributed by atoms with Crippen molar-refractivity contribution in [2.75, 3.05) is 21.3 Å². The standard InChI is InChI=1S/C44H48O5/c1-6-7-8-12-15-41-31-16-28(2)17-32(41)21-34-25-40(48-4)27-36(43(34)46)23-38-19-30(29-13-10-9-11-14-29)18-37(44(38)49-5)22-35-26-39(47-3)24-33(20-31)42(35)45/h9-11,13-14,16-19,24-27,45-46H,6-8,12,15,20-23H2,1-5H3. The Morgan fingerprint density at radius 1 is 0.531 bits per heavy atom. The zero-order chi connectivity index (χ0) is 34.5. The van der Waals surface area contributed by atoms with E-state index in [0.29, 0.717) is 37.2 Å². The molecule has 0 amide bonds. The van der Waals surface area contributed by atoms with Crippen LogP contribution in [0, 0.1) is 6.92 Å². The average molecular weight is 657 g/mol. The number of hydrogen-bond acceptors (Lipinski definition) is 5. The molecule has 0 fully saturated rings. The minimum Gasteiger partial charge on any atom is -0.507 e. The van der Waals surface area contributed by atoms with Gasteiger partial charge >= 0.3 is 0 Å². The van der Waals surface area contributed by atoms with E-state index in [4.69, 9.17) is 14.2 Å². The highest BCUT2D eigenvalue weighted by molar-refractivity contribution is 5.69. The van der Waals surface area contributed by atoms with Crippen LogP contribution in [0.5, 0.6) is 28.7 Å². The van der Waals surface area contributed by atoms with Gasteiger partial charge in [-0.2, -0.15) is 0 Å². The van der Waals surface area contributed by atoms with E-state index in [-0.39, 0.29) is 11.5 Å². The molecule has 0 aromatic heterocycles. The van der Waals surface area contributed by atoms with Gasteiger partial charge in [-0.3, -0.25) is 0 Å². The van der Waals surface area contributed by atoms with Crippen LogP contribution in [0.4, 0.5) is 0 Å². The maximum atomic E-state index is 12.0. The third-order valence-corrected chi connectivity index (χ3v) is 9.89. The summed E-state index contributed by atoms with van der Waals surface area (Å²) in [6, 6.07) is 26.9. The number of fused-ring (bicyclic) bond motifs is 8. The van der Waals surface area contributed by atoms with Crippen molar-refractivity contribution in [2.24, 2.45) is 0 Å². The van der Waals surface area contributed by atoms with Crippen LogP contribution in [-0.2, 0) is 32.1 Å². The topological polar surface area (TPSA) is 68.2 Å². The molecule has 5 aromatic carbocycles. The summed E-state index contributed by atoms with van der Waals surface area (Å²) in [6.07, 6.45) is 7.56. The first kappa shape index (κ1) is 34.0. The molecule has 0 radical (unpaired) electrons. The molecule has 49 heavy (non-hydrogen) atoms. The number of benzene rings is 5. The monoisotopic (exact) mass is 656 g/mol. The zero-order valence-corrected chi connectivity index (χ0v) is 29.5. The Bertz CT molecular complexity index is 1830. The fourth-order valence-corrected chi connectivity index (χ4v) is 7.46. The molecule has 0 unspecified atom stereocenters. The van der Waals surface area contributed by atoms with Crippen molar-refractivity contribution in [3.05, 3.63) is 134 Å². The van der Waals surface area contributed by atoms with Crippen molar-refractivity contribution in [1.82, 2.24) is 0 Å². The summed E-state index contributed by atoms with van der Waals surface area (Å²) in [5.41, 5.74) is 12.1. The van der Waals surface area contributed by atoms with Crippen LogP contribution in [0.3, 0.4) is 0 Å². The predicted octanol–water partition coefficient (Wildman–Crippen LogP) is 9.90. The number of aromatic hydroxyl groups is 2. The van der Waals surface area contributed by atoms with Crippen LogP contribution in [0.15, 0.2) is 78.9 Å². The maximum absolute atomic E-state index is 12.0. The summed E-state index contributed by atoms with van der Waals surface area (Å²) in [4.78, 5) is 0. The van der Waals surface area contributed by atoms with Crippen molar-refractivity contribution in [3.63, 3.8) is 0 Å². The van der Waals surface area contributed by atoms with E-state index in [9.17, 15) is 10.2 Å². The molecule has 0 saturated carbocycles. The molecule has 0 saturated heterocycles. The SMILES string of the molecule is CCCCCCc1c2cc(C)cc1Cc1cc(OC)cc(c1O)Cc1cc(-c3ccccc3)cc(c1OC)Cc1cc(OC)cc(c1O)C2. The van der Waals surface area contributed by atoms with Crippen LogP contribution in [0.2, 0.25) is 0 Å². The Labute approximate surface area is 291 Å². The van der Waals surface area contributed by atoms with E-state index in [1.54, 1.807) is 21.3 Å². The highest BCUT2D eigenvalue weighted by Gasteiger charge is 2.22. The van der Waals surface area contributed by atoms with E-state index >= 15 is 0 Å². The fourth-order valence-electron chi connectivity index (χ4n) is 7.46. The molecule has 5 aromatic rings. The van der Waals surface area contributed by atoms with Crippen molar-refractivity contribution < 1.29 is 24.4 Å². The summed E-state index contributed by atoms with van der Waals surface area (Å²) in [6.45, 7) is 4.36. The van der Waals surface area contributed by atoms with Gasteiger partial charge in [0.05, 0.1) is 21.3 Å². The van der Waals surface area contributed by atoms with Crippen LogP contribution >= 0.6 is 0 Å². The molecule has 0 spiro atoms. The third-order valence-electron chi connectivity index (χ3n) is 9.89. The number of phenols is 2. The van der Waals surface area contributed by atoms with Gasteiger partial charge in [0.25, 0.3) is 0 Å². The van der Waals surface area contributed by atoms with Gasteiger partial charge < -0.3 is 24.4 Å². The lowest BCUT2D eigenvalue weighted by Crippen LogP contribution is -2.07. The van der Waals surface area contributed by atoms with Crippen LogP contribution in [-0.4, -0.2) is 31.5 Å². The van der Waals surface area contributed by atoms with Gasteiger partial charge in [0, 0.05) is 47.9 Å². The van der Waals surface area contributed by atoms with Crippen molar-refractivity contribution in [2.45, 2.75) is 71.6 Å². The van der Waals surface area contributed by atoms with E-state index < -0.39 is 0 Å². The van der Waals surface area contributed by atoms with Gasteiger partial charge in [0.2, 0.25) is 0 Å². The number of unbranched alkanes of at least 4 members (excludes halogenated alkanes) is 3. The molecule has 6 rings (SSSR count). The number of ether oxygens (including phenoxy) is 3. The molecule has 0 heterocycles. The highest BCUT2D eigenvalue weighted by Crippen LogP contribution is 2.41. The smallest absolute Gasteiger partial charge is 0.125 e. The van der Waals surface area contributed by atoms with Gasteiger partial charge in [-0.25, -0.2) is 0 Å². The Hall–Kier alpha value is -4.90. The Balaban J connectivity index is 1.62. The van der Waals surface area contributed by atoms with Gasteiger partial charge in [0.15, 0.2) is 0 Å². The van der Waals surface area contributed by atoms with Gasteiger partial charge in [-0.1, -0.05) is 74.2 Å². The molecule has 0 aliphatic heterocycles.